The second-order valence-corrected chi connectivity index (χ2v) is 6.51. The van der Waals surface area contributed by atoms with Crippen molar-refractivity contribution < 1.29 is 4.74 Å². The topological polar surface area (TPSA) is 35.0 Å². The number of hydrogen-bond donors (Lipinski definition) is 0. The molecule has 0 amide bonds. The summed E-state index contributed by atoms with van der Waals surface area (Å²) in [5.74, 6) is 0.846. The van der Waals surface area contributed by atoms with E-state index in [0.29, 0.717) is 0 Å². The highest BCUT2D eigenvalue weighted by molar-refractivity contribution is 7.13. The van der Waals surface area contributed by atoms with Gasteiger partial charge in [0.25, 0.3) is 0 Å². The first-order chi connectivity index (χ1) is 10.9. The number of ether oxygens (including phenoxy) is 1. The first-order valence-corrected chi connectivity index (χ1v) is 8.54. The minimum Gasteiger partial charge on any atom is -0.496 e. The Labute approximate surface area is 135 Å². The lowest BCUT2D eigenvalue weighted by Gasteiger charge is -2.12. The maximum atomic E-state index is 5.56. The van der Waals surface area contributed by atoms with Crippen LogP contribution in [0.25, 0.3) is 31.9 Å². The van der Waals surface area contributed by atoms with Crippen molar-refractivity contribution in [2.24, 2.45) is 0 Å². The molecule has 108 valence electrons. The van der Waals surface area contributed by atoms with Crippen LogP contribution < -0.4 is 4.74 Å². The van der Waals surface area contributed by atoms with Gasteiger partial charge in [0.1, 0.15) is 15.8 Å². The molecule has 2 aromatic heterocycles. The normalized spacial score (nSPS) is 11.0. The van der Waals surface area contributed by atoms with Gasteiger partial charge in [-0.2, -0.15) is 0 Å². The third kappa shape index (κ3) is 2.10. The van der Waals surface area contributed by atoms with Crippen LogP contribution in [0.3, 0.4) is 0 Å². The molecule has 0 spiro atoms. The Morgan fingerprint density at radius 2 is 1.64 bits per heavy atom. The zero-order valence-corrected chi connectivity index (χ0v) is 13.4. The summed E-state index contributed by atoms with van der Waals surface area (Å²) < 4.78 is 5.56. The van der Waals surface area contributed by atoms with Gasteiger partial charge in [-0.3, -0.25) is 0 Å². The number of nitrogens with zero attached hydrogens (tertiary/aromatic N) is 2. The maximum absolute atomic E-state index is 5.56. The molecule has 0 saturated carbocycles. The first kappa shape index (κ1) is 13.4. The summed E-state index contributed by atoms with van der Waals surface area (Å²) in [6.45, 7) is 0. The fourth-order valence-electron chi connectivity index (χ4n) is 2.62. The third-order valence-corrected chi connectivity index (χ3v) is 5.15. The molecular formula is C17H12N2OS2. The summed E-state index contributed by atoms with van der Waals surface area (Å²) in [6.07, 6.45) is 3.66. The Bertz CT molecular complexity index is 915. The summed E-state index contributed by atoms with van der Waals surface area (Å²) in [6, 6.07) is 10.4. The molecule has 5 heteroatoms. The minimum absolute atomic E-state index is 0.846. The van der Waals surface area contributed by atoms with Crippen LogP contribution in [0.2, 0.25) is 0 Å². The van der Waals surface area contributed by atoms with E-state index in [1.807, 2.05) is 29.2 Å². The summed E-state index contributed by atoms with van der Waals surface area (Å²) in [5.41, 5.74) is 2.20. The predicted octanol–water partition coefficient (Wildman–Crippen LogP) is 5.10. The molecule has 0 radical (unpaired) electrons. The number of hydrogen-bond acceptors (Lipinski definition) is 5. The van der Waals surface area contributed by atoms with Crippen molar-refractivity contribution in [3.05, 3.63) is 53.5 Å². The van der Waals surface area contributed by atoms with E-state index in [9.17, 15) is 0 Å². The third-order valence-electron chi connectivity index (χ3n) is 3.55. The Hall–Kier alpha value is -2.24. The van der Waals surface area contributed by atoms with E-state index >= 15 is 0 Å². The van der Waals surface area contributed by atoms with E-state index in [0.717, 1.165) is 32.3 Å². The Balaban J connectivity index is 2.07. The van der Waals surface area contributed by atoms with Gasteiger partial charge in [0.15, 0.2) is 0 Å². The summed E-state index contributed by atoms with van der Waals surface area (Å²) >= 11 is 3.27. The van der Waals surface area contributed by atoms with E-state index in [1.165, 1.54) is 5.39 Å². The largest absolute Gasteiger partial charge is 0.496 e. The maximum Gasteiger partial charge on any atom is 0.129 e. The number of benzene rings is 2. The second kappa shape index (κ2) is 5.51. The van der Waals surface area contributed by atoms with Gasteiger partial charge >= 0.3 is 0 Å². The van der Waals surface area contributed by atoms with Crippen LogP contribution in [0.1, 0.15) is 0 Å². The molecule has 2 heterocycles. The Morgan fingerprint density at radius 1 is 0.864 bits per heavy atom. The van der Waals surface area contributed by atoms with E-state index in [-0.39, 0.29) is 0 Å². The van der Waals surface area contributed by atoms with Crippen LogP contribution in [0.4, 0.5) is 0 Å². The smallest absolute Gasteiger partial charge is 0.129 e. The summed E-state index contributed by atoms with van der Waals surface area (Å²) in [7, 11) is 1.70. The van der Waals surface area contributed by atoms with Gasteiger partial charge in [0.05, 0.1) is 12.7 Å². The first-order valence-electron chi connectivity index (χ1n) is 6.78. The number of rotatable bonds is 3. The lowest BCUT2D eigenvalue weighted by atomic mass is 9.99. The molecule has 22 heavy (non-hydrogen) atoms. The van der Waals surface area contributed by atoms with Crippen LogP contribution in [0, 0.1) is 0 Å². The van der Waals surface area contributed by atoms with E-state index in [2.05, 4.69) is 34.2 Å². The van der Waals surface area contributed by atoms with Crippen molar-refractivity contribution >= 4 is 33.4 Å². The monoisotopic (exact) mass is 324 g/mol. The molecule has 0 unspecified atom stereocenters. The van der Waals surface area contributed by atoms with Gasteiger partial charge < -0.3 is 4.74 Å². The number of methoxy groups -OCH3 is 1. The van der Waals surface area contributed by atoms with E-state index in [1.54, 1.807) is 29.8 Å². The van der Waals surface area contributed by atoms with Crippen molar-refractivity contribution in [3.8, 4) is 26.9 Å². The van der Waals surface area contributed by atoms with Crippen molar-refractivity contribution in [2.75, 3.05) is 7.11 Å². The van der Waals surface area contributed by atoms with Crippen LogP contribution in [0.15, 0.2) is 53.5 Å². The average molecular weight is 324 g/mol. The average Bonchev–Trinajstić information content (AvgIpc) is 3.26. The standard InChI is InChI=1S/C17H12N2OS2/c1-20-14-6-5-11-12(15(14)17-19-8-10-22-17)3-2-4-13(11)16-18-7-9-21-16/h2-10H,1H3. The van der Waals surface area contributed by atoms with Crippen LogP contribution in [-0.2, 0) is 0 Å². The van der Waals surface area contributed by atoms with E-state index in [4.69, 9.17) is 4.74 Å². The van der Waals surface area contributed by atoms with Gasteiger partial charge in [0.2, 0.25) is 0 Å². The zero-order chi connectivity index (χ0) is 14.9. The highest BCUT2D eigenvalue weighted by Gasteiger charge is 2.15. The van der Waals surface area contributed by atoms with Crippen molar-refractivity contribution in [1.82, 2.24) is 9.97 Å². The van der Waals surface area contributed by atoms with Gasteiger partial charge in [-0.25, -0.2) is 9.97 Å². The number of thiazole rings is 2. The molecule has 0 fully saturated rings. The molecule has 0 aliphatic rings. The molecular weight excluding hydrogens is 312 g/mol. The summed E-state index contributed by atoms with van der Waals surface area (Å²) in [4.78, 5) is 8.91. The molecule has 0 atom stereocenters. The molecule has 0 aliphatic carbocycles. The second-order valence-electron chi connectivity index (χ2n) is 4.72. The Kier molecular flexibility index (Phi) is 3.36. The molecule has 2 aromatic carbocycles. The molecule has 4 aromatic rings. The highest BCUT2D eigenvalue weighted by Crippen LogP contribution is 2.41. The molecule has 3 nitrogen and oxygen atoms in total. The Morgan fingerprint density at radius 3 is 2.32 bits per heavy atom. The van der Waals surface area contributed by atoms with E-state index < -0.39 is 0 Å². The van der Waals surface area contributed by atoms with Crippen molar-refractivity contribution in [3.63, 3.8) is 0 Å². The molecule has 0 aliphatic heterocycles. The molecule has 0 saturated heterocycles. The quantitative estimate of drug-likeness (QED) is 0.526. The van der Waals surface area contributed by atoms with Gasteiger partial charge in [0, 0.05) is 28.7 Å². The lowest BCUT2D eigenvalue weighted by Crippen LogP contribution is -1.90. The van der Waals surface area contributed by atoms with Gasteiger partial charge in [-0.15, -0.1) is 22.7 Å². The van der Waals surface area contributed by atoms with Crippen LogP contribution in [0.5, 0.6) is 5.75 Å². The highest BCUT2D eigenvalue weighted by atomic mass is 32.1. The summed E-state index contributed by atoms with van der Waals surface area (Å²) in [5, 5.41) is 8.29. The van der Waals surface area contributed by atoms with Gasteiger partial charge in [-0.05, 0) is 22.9 Å². The van der Waals surface area contributed by atoms with Crippen LogP contribution in [-0.4, -0.2) is 17.1 Å². The van der Waals surface area contributed by atoms with Crippen molar-refractivity contribution in [2.45, 2.75) is 0 Å². The fourth-order valence-corrected chi connectivity index (χ4v) is 4.00. The van der Waals surface area contributed by atoms with Crippen molar-refractivity contribution in [1.29, 1.82) is 0 Å². The minimum atomic E-state index is 0.846. The number of fused-ring (bicyclic) bond motifs is 1. The predicted molar refractivity (Wildman–Crippen MR) is 92.7 cm³/mol. The van der Waals surface area contributed by atoms with Crippen LogP contribution >= 0.6 is 22.7 Å². The number of aromatic nitrogens is 2. The molecule has 0 bridgehead atoms. The lowest BCUT2D eigenvalue weighted by molar-refractivity contribution is 0.417. The van der Waals surface area contributed by atoms with Gasteiger partial charge in [-0.1, -0.05) is 18.2 Å². The molecule has 0 N–H and O–H groups in total. The molecule has 4 rings (SSSR count). The fraction of sp³-hybridized carbons (Fsp3) is 0.0588. The SMILES string of the molecule is COc1ccc2c(-c3nccs3)cccc2c1-c1nccs1. The zero-order valence-electron chi connectivity index (χ0n) is 11.8.